The van der Waals surface area contributed by atoms with Crippen molar-refractivity contribution < 1.29 is 9.72 Å². The third kappa shape index (κ3) is 3.23. The molecule has 3 rings (SSSR count). The highest BCUT2D eigenvalue weighted by Crippen LogP contribution is 2.27. The average Bonchev–Trinajstić information content (AvgIpc) is 2.61. The first-order valence-corrected chi connectivity index (χ1v) is 7.52. The van der Waals surface area contributed by atoms with Gasteiger partial charge in [0.15, 0.2) is 0 Å². The van der Waals surface area contributed by atoms with Crippen molar-refractivity contribution in [2.45, 2.75) is 13.0 Å². The third-order valence-electron chi connectivity index (χ3n) is 3.86. The molecule has 0 radical (unpaired) electrons. The Kier molecular flexibility index (Phi) is 4.25. The molecule has 3 aromatic rings. The summed E-state index contributed by atoms with van der Waals surface area (Å²) in [6.07, 6.45) is 1.34. The number of carbonyl (C=O) groups is 1. The number of primary amides is 1. The summed E-state index contributed by atoms with van der Waals surface area (Å²) in [5.74, 6) is -0.0471. The lowest BCUT2D eigenvalue weighted by Gasteiger charge is -2.16. The van der Waals surface area contributed by atoms with Gasteiger partial charge >= 0.3 is 0 Å². The number of nitro groups is 1. The predicted molar refractivity (Wildman–Crippen MR) is 93.2 cm³/mol. The Hall–Kier alpha value is -3.55. The number of nitro benzene ring substituents is 1. The standard InChI is InChI=1S/C17H15N5O3/c1-10(11-4-2-5-12(8-11)22(24)25)21-17-14-7-3-6-13(16(18)23)15(14)19-9-20-17/h2-10H,1H3,(H2,18,23)(H,19,20,21). The van der Waals surface area contributed by atoms with Gasteiger partial charge < -0.3 is 11.1 Å². The number of rotatable bonds is 5. The first-order chi connectivity index (χ1) is 12.0. The Morgan fingerprint density at radius 3 is 2.72 bits per heavy atom. The van der Waals surface area contributed by atoms with E-state index in [1.807, 2.05) is 6.92 Å². The Balaban J connectivity index is 1.98. The number of fused-ring (bicyclic) bond motifs is 1. The van der Waals surface area contributed by atoms with E-state index in [-0.39, 0.29) is 11.7 Å². The summed E-state index contributed by atoms with van der Waals surface area (Å²) in [6.45, 7) is 1.87. The first-order valence-electron chi connectivity index (χ1n) is 7.52. The van der Waals surface area contributed by atoms with E-state index in [0.717, 1.165) is 5.56 Å². The number of anilines is 1. The van der Waals surface area contributed by atoms with Gasteiger partial charge in [-0.1, -0.05) is 18.2 Å². The van der Waals surface area contributed by atoms with Gasteiger partial charge in [0, 0.05) is 17.5 Å². The summed E-state index contributed by atoms with van der Waals surface area (Å²) in [4.78, 5) is 30.4. The molecule has 25 heavy (non-hydrogen) atoms. The second-order valence-corrected chi connectivity index (χ2v) is 5.51. The summed E-state index contributed by atoms with van der Waals surface area (Å²) in [5, 5.41) is 14.8. The molecule has 126 valence electrons. The van der Waals surface area contributed by atoms with Gasteiger partial charge in [-0.05, 0) is 24.6 Å². The SMILES string of the molecule is CC(Nc1ncnc2c(C(N)=O)cccc12)c1cccc([N+](=O)[O-])c1. The number of benzene rings is 2. The molecule has 1 unspecified atom stereocenters. The fourth-order valence-corrected chi connectivity index (χ4v) is 2.60. The Morgan fingerprint density at radius 2 is 2.00 bits per heavy atom. The molecular weight excluding hydrogens is 322 g/mol. The van der Waals surface area contributed by atoms with Crippen LogP contribution in [0.2, 0.25) is 0 Å². The first kappa shape index (κ1) is 16.3. The van der Waals surface area contributed by atoms with E-state index in [2.05, 4.69) is 15.3 Å². The number of non-ortho nitro benzene ring substituents is 1. The number of nitrogens with zero attached hydrogens (tertiary/aromatic N) is 3. The maximum absolute atomic E-state index is 11.5. The minimum atomic E-state index is -0.568. The average molecular weight is 337 g/mol. The molecule has 1 atom stereocenters. The normalized spacial score (nSPS) is 11.9. The van der Waals surface area contributed by atoms with Gasteiger partial charge in [0.25, 0.3) is 11.6 Å². The summed E-state index contributed by atoms with van der Waals surface area (Å²) >= 11 is 0. The van der Waals surface area contributed by atoms with Gasteiger partial charge in [0.1, 0.15) is 12.1 Å². The number of aromatic nitrogens is 2. The zero-order chi connectivity index (χ0) is 18.0. The smallest absolute Gasteiger partial charge is 0.269 e. The van der Waals surface area contributed by atoms with Crippen molar-refractivity contribution in [1.29, 1.82) is 0 Å². The van der Waals surface area contributed by atoms with Crippen LogP contribution in [0, 0.1) is 10.1 Å². The van der Waals surface area contributed by atoms with Crippen LogP contribution in [0.15, 0.2) is 48.8 Å². The zero-order valence-electron chi connectivity index (χ0n) is 13.3. The molecule has 8 nitrogen and oxygen atoms in total. The van der Waals surface area contributed by atoms with E-state index in [1.165, 1.54) is 18.5 Å². The van der Waals surface area contributed by atoms with Crippen LogP contribution in [0.3, 0.4) is 0 Å². The Bertz CT molecular complexity index is 973. The van der Waals surface area contributed by atoms with Gasteiger partial charge in [-0.3, -0.25) is 14.9 Å². The molecule has 0 bridgehead atoms. The molecule has 1 amide bonds. The van der Waals surface area contributed by atoms with Crippen molar-refractivity contribution in [2.75, 3.05) is 5.32 Å². The number of hydrogen-bond acceptors (Lipinski definition) is 6. The molecule has 0 aliphatic heterocycles. The molecule has 1 aromatic heterocycles. The van der Waals surface area contributed by atoms with Gasteiger partial charge in [-0.25, -0.2) is 9.97 Å². The van der Waals surface area contributed by atoms with E-state index in [1.54, 1.807) is 30.3 Å². The van der Waals surface area contributed by atoms with Gasteiger partial charge in [-0.2, -0.15) is 0 Å². The summed E-state index contributed by atoms with van der Waals surface area (Å²) < 4.78 is 0. The highest BCUT2D eigenvalue weighted by Gasteiger charge is 2.15. The monoisotopic (exact) mass is 337 g/mol. The van der Waals surface area contributed by atoms with E-state index >= 15 is 0 Å². The van der Waals surface area contributed by atoms with Gasteiger partial charge in [-0.15, -0.1) is 0 Å². The van der Waals surface area contributed by atoms with Crippen molar-refractivity contribution >= 4 is 28.3 Å². The van der Waals surface area contributed by atoms with Crippen LogP contribution < -0.4 is 11.1 Å². The van der Waals surface area contributed by atoms with Crippen LogP contribution in [0.4, 0.5) is 11.5 Å². The molecular formula is C17H15N5O3. The number of nitrogens with two attached hydrogens (primary N) is 1. The number of nitrogens with one attached hydrogen (secondary N) is 1. The van der Waals surface area contributed by atoms with Crippen LogP contribution in [-0.2, 0) is 0 Å². The maximum atomic E-state index is 11.5. The lowest BCUT2D eigenvalue weighted by atomic mass is 10.1. The van der Waals surface area contributed by atoms with E-state index in [0.29, 0.717) is 22.3 Å². The number of para-hydroxylation sites is 1. The van der Waals surface area contributed by atoms with Crippen molar-refractivity contribution in [1.82, 2.24) is 9.97 Å². The van der Waals surface area contributed by atoms with Crippen molar-refractivity contribution in [3.05, 3.63) is 70.0 Å². The highest BCUT2D eigenvalue weighted by molar-refractivity contribution is 6.06. The quantitative estimate of drug-likeness (QED) is 0.545. The van der Waals surface area contributed by atoms with Gasteiger partial charge in [0.2, 0.25) is 0 Å². The maximum Gasteiger partial charge on any atom is 0.269 e. The van der Waals surface area contributed by atoms with Crippen LogP contribution >= 0.6 is 0 Å². The van der Waals surface area contributed by atoms with E-state index in [4.69, 9.17) is 5.73 Å². The largest absolute Gasteiger partial charge is 0.366 e. The molecule has 0 fully saturated rings. The van der Waals surface area contributed by atoms with Crippen LogP contribution in [-0.4, -0.2) is 20.8 Å². The predicted octanol–water partition coefficient (Wildman–Crippen LogP) is 2.81. The molecule has 0 aliphatic carbocycles. The summed E-state index contributed by atoms with van der Waals surface area (Å²) in [7, 11) is 0. The Morgan fingerprint density at radius 1 is 1.24 bits per heavy atom. The molecule has 3 N–H and O–H groups in total. The third-order valence-corrected chi connectivity index (χ3v) is 3.86. The molecule has 0 saturated heterocycles. The van der Waals surface area contributed by atoms with Crippen LogP contribution in [0.25, 0.3) is 10.9 Å². The molecule has 1 heterocycles. The molecule has 0 saturated carbocycles. The van der Waals surface area contributed by atoms with Crippen molar-refractivity contribution in [3.8, 4) is 0 Å². The minimum absolute atomic E-state index is 0.0229. The fourth-order valence-electron chi connectivity index (χ4n) is 2.60. The molecule has 8 heteroatoms. The second-order valence-electron chi connectivity index (χ2n) is 5.51. The lowest BCUT2D eigenvalue weighted by Crippen LogP contribution is -2.13. The zero-order valence-corrected chi connectivity index (χ0v) is 13.3. The minimum Gasteiger partial charge on any atom is -0.366 e. The number of hydrogen-bond donors (Lipinski definition) is 2. The number of amides is 1. The van der Waals surface area contributed by atoms with Crippen LogP contribution in [0.1, 0.15) is 28.9 Å². The van der Waals surface area contributed by atoms with E-state index < -0.39 is 10.8 Å². The molecule has 2 aromatic carbocycles. The summed E-state index contributed by atoms with van der Waals surface area (Å²) in [5.41, 5.74) is 6.92. The lowest BCUT2D eigenvalue weighted by molar-refractivity contribution is -0.384. The second kappa shape index (κ2) is 6.52. The number of carbonyl (C=O) groups excluding carboxylic acids is 1. The molecule has 0 aliphatic rings. The van der Waals surface area contributed by atoms with E-state index in [9.17, 15) is 14.9 Å². The van der Waals surface area contributed by atoms with Crippen molar-refractivity contribution in [3.63, 3.8) is 0 Å². The summed E-state index contributed by atoms with van der Waals surface area (Å²) in [6, 6.07) is 11.2. The Labute approximate surface area is 142 Å². The fraction of sp³-hybridized carbons (Fsp3) is 0.118. The van der Waals surface area contributed by atoms with Crippen molar-refractivity contribution in [2.24, 2.45) is 5.73 Å². The van der Waals surface area contributed by atoms with Crippen LogP contribution in [0.5, 0.6) is 0 Å². The topological polar surface area (TPSA) is 124 Å². The highest BCUT2D eigenvalue weighted by atomic mass is 16.6. The van der Waals surface area contributed by atoms with Gasteiger partial charge in [0.05, 0.1) is 22.0 Å². The molecule has 0 spiro atoms.